The number of carbonyl (C=O) groups excluding carboxylic acids is 1. The van der Waals surface area contributed by atoms with Gasteiger partial charge in [-0.15, -0.1) is 0 Å². The van der Waals surface area contributed by atoms with E-state index in [9.17, 15) is 4.79 Å². The number of amides is 2. The third-order valence-electron chi connectivity index (χ3n) is 3.38. The van der Waals surface area contributed by atoms with Gasteiger partial charge in [0.15, 0.2) is 0 Å². The number of anilines is 1. The molecule has 0 fully saturated rings. The summed E-state index contributed by atoms with van der Waals surface area (Å²) in [5.41, 5.74) is 3.01. The van der Waals surface area contributed by atoms with Gasteiger partial charge in [0.05, 0.1) is 6.04 Å². The molecule has 2 rings (SSSR count). The number of nitrogens with zero attached hydrogens (tertiary/aromatic N) is 1. The molecule has 1 heterocycles. The van der Waals surface area contributed by atoms with Gasteiger partial charge in [-0.1, -0.05) is 32.0 Å². The van der Waals surface area contributed by atoms with E-state index in [0.29, 0.717) is 5.92 Å². The third kappa shape index (κ3) is 4.05. The van der Waals surface area contributed by atoms with Crippen molar-refractivity contribution in [3.05, 3.63) is 59.9 Å². The molecule has 0 saturated carbocycles. The van der Waals surface area contributed by atoms with E-state index in [0.717, 1.165) is 16.8 Å². The van der Waals surface area contributed by atoms with Crippen molar-refractivity contribution in [1.82, 2.24) is 10.3 Å². The first-order valence-corrected chi connectivity index (χ1v) is 7.14. The summed E-state index contributed by atoms with van der Waals surface area (Å²) in [5, 5.41) is 5.86. The summed E-state index contributed by atoms with van der Waals surface area (Å²) in [6, 6.07) is 11.4. The highest BCUT2D eigenvalue weighted by atomic mass is 16.2. The maximum Gasteiger partial charge on any atom is 0.319 e. The van der Waals surface area contributed by atoms with Crippen molar-refractivity contribution in [1.29, 1.82) is 0 Å². The summed E-state index contributed by atoms with van der Waals surface area (Å²) >= 11 is 0. The Kier molecular flexibility index (Phi) is 4.93. The highest BCUT2D eigenvalue weighted by molar-refractivity contribution is 5.90. The van der Waals surface area contributed by atoms with Crippen LogP contribution in [-0.2, 0) is 0 Å². The fourth-order valence-electron chi connectivity index (χ4n) is 2.20. The Morgan fingerprint density at radius 2 is 1.71 bits per heavy atom. The van der Waals surface area contributed by atoms with E-state index >= 15 is 0 Å². The molecule has 1 aromatic heterocycles. The predicted octanol–water partition coefficient (Wildman–Crippen LogP) is 4.09. The SMILES string of the molecule is CC(C)c1ccccc1NC(=O)N[C@H](C)c1ccncc1. The van der Waals surface area contributed by atoms with Gasteiger partial charge >= 0.3 is 6.03 Å². The van der Waals surface area contributed by atoms with Crippen LogP contribution in [0.25, 0.3) is 0 Å². The van der Waals surface area contributed by atoms with Gasteiger partial charge in [-0.3, -0.25) is 4.98 Å². The molecule has 2 aromatic rings. The summed E-state index contributed by atoms with van der Waals surface area (Å²) in [4.78, 5) is 16.1. The Morgan fingerprint density at radius 1 is 1.05 bits per heavy atom. The lowest BCUT2D eigenvalue weighted by atomic mass is 10.0. The van der Waals surface area contributed by atoms with Crippen molar-refractivity contribution in [2.75, 3.05) is 5.32 Å². The Bertz CT molecular complexity index is 596. The Morgan fingerprint density at radius 3 is 2.38 bits per heavy atom. The summed E-state index contributed by atoms with van der Waals surface area (Å²) in [5.74, 6) is 0.360. The average Bonchev–Trinajstić information content (AvgIpc) is 2.48. The number of nitrogens with one attached hydrogen (secondary N) is 2. The summed E-state index contributed by atoms with van der Waals surface area (Å²) in [6.45, 7) is 6.17. The van der Waals surface area contributed by atoms with Crippen molar-refractivity contribution in [2.24, 2.45) is 0 Å². The zero-order valence-corrected chi connectivity index (χ0v) is 12.6. The number of urea groups is 1. The molecule has 1 atom stereocenters. The van der Waals surface area contributed by atoms with Gasteiger partial charge in [0.1, 0.15) is 0 Å². The lowest BCUT2D eigenvalue weighted by molar-refractivity contribution is 0.249. The first-order valence-electron chi connectivity index (χ1n) is 7.14. The van der Waals surface area contributed by atoms with Crippen LogP contribution in [-0.4, -0.2) is 11.0 Å². The molecular weight excluding hydrogens is 262 g/mol. The lowest BCUT2D eigenvalue weighted by Gasteiger charge is -2.17. The van der Waals surface area contributed by atoms with Crippen LogP contribution in [0.1, 0.15) is 43.9 Å². The van der Waals surface area contributed by atoms with Crippen LogP contribution in [0.4, 0.5) is 10.5 Å². The molecule has 0 aliphatic rings. The second kappa shape index (κ2) is 6.88. The van der Waals surface area contributed by atoms with Crippen molar-refractivity contribution in [2.45, 2.75) is 32.7 Å². The van der Waals surface area contributed by atoms with Crippen LogP contribution in [0.2, 0.25) is 0 Å². The summed E-state index contributed by atoms with van der Waals surface area (Å²) in [7, 11) is 0. The number of rotatable bonds is 4. The minimum atomic E-state index is -0.201. The first kappa shape index (κ1) is 15.0. The normalized spacial score (nSPS) is 12.0. The number of hydrogen-bond donors (Lipinski definition) is 2. The fraction of sp³-hybridized carbons (Fsp3) is 0.294. The van der Waals surface area contributed by atoms with E-state index in [1.165, 1.54) is 0 Å². The molecule has 0 radical (unpaired) electrons. The topological polar surface area (TPSA) is 54.0 Å². The van der Waals surface area contributed by atoms with Crippen LogP contribution in [0, 0.1) is 0 Å². The molecule has 2 N–H and O–H groups in total. The van der Waals surface area contributed by atoms with Crippen molar-refractivity contribution in [3.63, 3.8) is 0 Å². The van der Waals surface area contributed by atoms with E-state index in [2.05, 4.69) is 29.5 Å². The third-order valence-corrected chi connectivity index (χ3v) is 3.38. The summed E-state index contributed by atoms with van der Waals surface area (Å²) in [6.07, 6.45) is 3.44. The number of para-hydroxylation sites is 1. The lowest BCUT2D eigenvalue weighted by Crippen LogP contribution is -2.31. The molecule has 0 unspecified atom stereocenters. The van der Waals surface area contributed by atoms with Gasteiger partial charge in [0, 0.05) is 18.1 Å². The predicted molar refractivity (Wildman–Crippen MR) is 85.3 cm³/mol. The number of pyridine rings is 1. The van der Waals surface area contributed by atoms with Crippen LogP contribution in [0.15, 0.2) is 48.8 Å². The van der Waals surface area contributed by atoms with Crippen molar-refractivity contribution in [3.8, 4) is 0 Å². The minimum absolute atomic E-state index is 0.0702. The maximum absolute atomic E-state index is 12.1. The molecule has 0 saturated heterocycles. The second-order valence-corrected chi connectivity index (χ2v) is 5.34. The molecule has 0 spiro atoms. The summed E-state index contributed by atoms with van der Waals surface area (Å²) < 4.78 is 0. The van der Waals surface area contributed by atoms with E-state index in [4.69, 9.17) is 0 Å². The number of benzene rings is 1. The number of carbonyl (C=O) groups is 1. The number of hydrogen-bond acceptors (Lipinski definition) is 2. The van der Waals surface area contributed by atoms with E-state index < -0.39 is 0 Å². The van der Waals surface area contributed by atoms with Crippen molar-refractivity contribution < 1.29 is 4.79 Å². The quantitative estimate of drug-likeness (QED) is 0.888. The molecule has 21 heavy (non-hydrogen) atoms. The molecular formula is C17H21N3O. The fourth-order valence-corrected chi connectivity index (χ4v) is 2.20. The van der Waals surface area contributed by atoms with Crippen LogP contribution < -0.4 is 10.6 Å². The van der Waals surface area contributed by atoms with Crippen LogP contribution in [0.3, 0.4) is 0 Å². The molecule has 0 aliphatic carbocycles. The van der Waals surface area contributed by atoms with Gasteiger partial charge in [0.25, 0.3) is 0 Å². The first-order chi connectivity index (χ1) is 10.1. The Labute approximate surface area is 125 Å². The van der Waals surface area contributed by atoms with E-state index in [1.54, 1.807) is 12.4 Å². The molecule has 0 bridgehead atoms. The second-order valence-electron chi connectivity index (χ2n) is 5.34. The molecule has 4 heteroatoms. The number of aromatic nitrogens is 1. The Balaban J connectivity index is 2.02. The van der Waals surface area contributed by atoms with Crippen molar-refractivity contribution >= 4 is 11.7 Å². The zero-order chi connectivity index (χ0) is 15.2. The van der Waals surface area contributed by atoms with Gasteiger partial charge in [0.2, 0.25) is 0 Å². The molecule has 0 aliphatic heterocycles. The van der Waals surface area contributed by atoms with Crippen LogP contribution in [0.5, 0.6) is 0 Å². The zero-order valence-electron chi connectivity index (χ0n) is 12.6. The molecule has 110 valence electrons. The van der Waals surface area contributed by atoms with Crippen LogP contribution >= 0.6 is 0 Å². The van der Waals surface area contributed by atoms with Gasteiger partial charge in [-0.05, 0) is 42.2 Å². The largest absolute Gasteiger partial charge is 0.331 e. The smallest absolute Gasteiger partial charge is 0.319 e. The highest BCUT2D eigenvalue weighted by Crippen LogP contribution is 2.23. The molecule has 4 nitrogen and oxygen atoms in total. The molecule has 2 amide bonds. The Hall–Kier alpha value is -2.36. The van der Waals surface area contributed by atoms with Gasteiger partial charge in [-0.25, -0.2) is 4.79 Å². The van der Waals surface area contributed by atoms with Gasteiger partial charge in [-0.2, -0.15) is 0 Å². The highest BCUT2D eigenvalue weighted by Gasteiger charge is 2.12. The average molecular weight is 283 g/mol. The minimum Gasteiger partial charge on any atom is -0.331 e. The van der Waals surface area contributed by atoms with E-state index in [1.807, 2.05) is 43.3 Å². The standard InChI is InChI=1S/C17H21N3O/c1-12(2)15-6-4-5-7-16(15)20-17(21)19-13(3)14-8-10-18-11-9-14/h4-13H,1-3H3,(H2,19,20,21)/t13-/m1/s1. The monoisotopic (exact) mass is 283 g/mol. The van der Waals surface area contributed by atoms with Gasteiger partial charge < -0.3 is 10.6 Å². The molecule has 1 aromatic carbocycles. The van der Waals surface area contributed by atoms with E-state index in [-0.39, 0.29) is 12.1 Å². The maximum atomic E-state index is 12.1.